The smallest absolute Gasteiger partial charge is 0.0872 e. The van der Waals surface area contributed by atoms with Crippen molar-refractivity contribution in [1.29, 1.82) is 0 Å². The highest BCUT2D eigenvalue weighted by molar-refractivity contribution is 5.29. The highest BCUT2D eigenvalue weighted by atomic mass is 15.1. The average molecular weight is 163 g/mol. The van der Waals surface area contributed by atoms with Gasteiger partial charge in [0.2, 0.25) is 0 Å². The zero-order valence-corrected chi connectivity index (χ0v) is 7.94. The topological polar surface area (TPSA) is 28.7 Å². The van der Waals surface area contributed by atoms with Crippen molar-refractivity contribution in [1.82, 2.24) is 10.2 Å². The van der Waals surface area contributed by atoms with Crippen LogP contribution in [-0.4, -0.2) is 10.2 Å². The zero-order valence-electron chi connectivity index (χ0n) is 7.94. The molecule has 0 atom stereocenters. The third-order valence-electron chi connectivity index (χ3n) is 2.33. The van der Waals surface area contributed by atoms with Crippen molar-refractivity contribution >= 4 is 0 Å². The summed E-state index contributed by atoms with van der Waals surface area (Å²) < 4.78 is 0. The van der Waals surface area contributed by atoms with Gasteiger partial charge in [0.1, 0.15) is 0 Å². The molecule has 65 valence electrons. The number of rotatable bonds is 1. The Morgan fingerprint density at radius 2 is 2.08 bits per heavy atom. The third-order valence-corrected chi connectivity index (χ3v) is 2.33. The summed E-state index contributed by atoms with van der Waals surface area (Å²) in [6.45, 7) is 6.63. The molecule has 1 fully saturated rings. The van der Waals surface area contributed by atoms with Crippen LogP contribution in [0.2, 0.25) is 0 Å². The molecule has 1 saturated carbocycles. The number of nitrogens with one attached hydrogen (secondary N) is 1. The number of nitrogens with zero attached hydrogens (tertiary/aromatic N) is 1. The van der Waals surface area contributed by atoms with Gasteiger partial charge in [-0.05, 0) is 18.3 Å². The molecule has 0 unspecified atom stereocenters. The van der Waals surface area contributed by atoms with Crippen LogP contribution in [-0.2, 0) is 5.41 Å². The maximum absolute atomic E-state index is 4.26. The van der Waals surface area contributed by atoms with E-state index in [0.717, 1.165) is 5.92 Å². The van der Waals surface area contributed by atoms with E-state index in [2.05, 4.69) is 37.2 Å². The Hall–Kier alpha value is -0.790. The minimum absolute atomic E-state index is 0.185. The normalized spacial score (nSPS) is 18.2. The van der Waals surface area contributed by atoms with Crippen molar-refractivity contribution < 1.29 is 0 Å². The Bertz CT molecular complexity index is 276. The summed E-state index contributed by atoms with van der Waals surface area (Å²) in [6.07, 6.45) is 5.75. The van der Waals surface area contributed by atoms with Gasteiger partial charge in [0.25, 0.3) is 0 Å². The van der Waals surface area contributed by atoms with E-state index < -0.39 is 0 Å². The molecule has 0 spiro atoms. The van der Waals surface area contributed by atoms with Crippen molar-refractivity contribution in [3.8, 4) is 0 Å². The number of hydrogen-bond donors (Lipinski definition) is 1. The molecule has 1 aliphatic rings. The van der Waals surface area contributed by atoms with Crippen LogP contribution in [0.3, 0.4) is 0 Å². The largest absolute Gasteiger partial charge is 0.276 e. The second-order valence-corrected chi connectivity index (χ2v) is 4.63. The predicted molar refractivity (Wildman–Crippen MR) is 48.1 cm³/mol. The molecule has 0 aromatic carbocycles. The summed E-state index contributed by atoms with van der Waals surface area (Å²) in [7, 11) is 0. The van der Waals surface area contributed by atoms with E-state index in [9.17, 15) is 0 Å². The van der Waals surface area contributed by atoms with Gasteiger partial charge in [0.05, 0.1) is 11.9 Å². The van der Waals surface area contributed by atoms with Gasteiger partial charge >= 0.3 is 0 Å². The first-order valence-corrected chi connectivity index (χ1v) is 4.55. The van der Waals surface area contributed by atoms with E-state index in [0.29, 0.717) is 0 Å². The molecule has 1 heterocycles. The lowest BCUT2D eigenvalue weighted by Crippen LogP contribution is -2.12. The molecule has 2 nitrogen and oxygen atoms in total. The molecule has 1 N–H and O–H groups in total. The Morgan fingerprint density at radius 3 is 2.58 bits per heavy atom. The van der Waals surface area contributed by atoms with Crippen LogP contribution < -0.4 is 0 Å². The number of hydrogen-bond acceptors (Lipinski definition) is 1. The minimum atomic E-state index is 0.185. The second kappa shape index (κ2) is 2.35. The molecule has 0 amide bonds. The summed E-state index contributed by atoms with van der Waals surface area (Å²) in [4.78, 5) is 0. The molecule has 1 aromatic heterocycles. The van der Waals surface area contributed by atoms with Gasteiger partial charge in [-0.15, -0.1) is 0 Å². The van der Waals surface area contributed by atoms with E-state index in [1.807, 2.05) is 0 Å². The Morgan fingerprint density at radius 1 is 1.42 bits per heavy atom. The maximum Gasteiger partial charge on any atom is 0.0872 e. The lowest BCUT2D eigenvalue weighted by molar-refractivity contribution is 0.582. The molecule has 1 aromatic rings. The number of H-pyrrole nitrogens is 1. The van der Waals surface area contributed by atoms with Crippen LogP contribution in [0.4, 0.5) is 0 Å². The second-order valence-electron chi connectivity index (χ2n) is 4.63. The van der Waals surface area contributed by atoms with Crippen molar-refractivity contribution in [3.05, 3.63) is 17.5 Å². The van der Waals surface area contributed by atoms with Gasteiger partial charge in [-0.3, -0.25) is 5.10 Å². The molecule has 1 radical (unpaired) electrons. The van der Waals surface area contributed by atoms with Gasteiger partial charge in [-0.1, -0.05) is 20.8 Å². The SMILES string of the molecule is CC(C)(C)c1[c][nH]nc1C1CC1. The van der Waals surface area contributed by atoms with Crippen molar-refractivity contribution in [2.75, 3.05) is 0 Å². The fourth-order valence-corrected chi connectivity index (χ4v) is 1.49. The maximum atomic E-state index is 4.26. The standard InChI is InChI=1S/C10H15N2/c1-10(2,3)8-6-11-12-9(8)7-4-5-7/h7H,4-5H2,1-3H3,(H,11,12). The molecular weight excluding hydrogens is 148 g/mol. The molecule has 12 heavy (non-hydrogen) atoms. The highest BCUT2D eigenvalue weighted by Gasteiger charge is 2.32. The van der Waals surface area contributed by atoms with Gasteiger partial charge in [0.15, 0.2) is 0 Å². The molecule has 0 aliphatic heterocycles. The van der Waals surface area contributed by atoms with Crippen LogP contribution in [0.5, 0.6) is 0 Å². The van der Waals surface area contributed by atoms with Crippen LogP contribution in [0, 0.1) is 6.20 Å². The van der Waals surface area contributed by atoms with Crippen molar-refractivity contribution in [3.63, 3.8) is 0 Å². The first-order chi connectivity index (χ1) is 5.59. The average Bonchev–Trinajstić information content (AvgIpc) is 2.65. The van der Waals surface area contributed by atoms with Crippen LogP contribution in [0.1, 0.15) is 50.8 Å². The molecule has 2 rings (SSSR count). The monoisotopic (exact) mass is 163 g/mol. The Balaban J connectivity index is 2.36. The zero-order chi connectivity index (χ0) is 8.77. The minimum Gasteiger partial charge on any atom is -0.276 e. The van der Waals surface area contributed by atoms with Gasteiger partial charge < -0.3 is 0 Å². The Kier molecular flexibility index (Phi) is 1.53. The van der Waals surface area contributed by atoms with Crippen LogP contribution >= 0.6 is 0 Å². The van der Waals surface area contributed by atoms with E-state index in [4.69, 9.17) is 0 Å². The lowest BCUT2D eigenvalue weighted by atomic mass is 9.86. The quantitative estimate of drug-likeness (QED) is 0.676. The fraction of sp³-hybridized carbons (Fsp3) is 0.700. The summed E-state index contributed by atoms with van der Waals surface area (Å²) in [5, 5.41) is 7.12. The van der Waals surface area contributed by atoms with E-state index >= 15 is 0 Å². The van der Waals surface area contributed by atoms with Gasteiger partial charge in [-0.2, -0.15) is 5.10 Å². The number of aromatic nitrogens is 2. The summed E-state index contributed by atoms with van der Waals surface area (Å²) in [5.41, 5.74) is 2.71. The lowest BCUT2D eigenvalue weighted by Gasteiger charge is -2.17. The molecule has 2 heteroatoms. The fourth-order valence-electron chi connectivity index (χ4n) is 1.49. The van der Waals surface area contributed by atoms with Crippen LogP contribution in [0.25, 0.3) is 0 Å². The molecule has 0 saturated heterocycles. The highest BCUT2D eigenvalue weighted by Crippen LogP contribution is 2.42. The molecule has 1 aliphatic carbocycles. The first-order valence-electron chi connectivity index (χ1n) is 4.55. The molecule has 0 bridgehead atoms. The summed E-state index contributed by atoms with van der Waals surface area (Å²) in [5.74, 6) is 0.724. The summed E-state index contributed by atoms with van der Waals surface area (Å²) in [6, 6.07) is 0. The summed E-state index contributed by atoms with van der Waals surface area (Å²) >= 11 is 0. The predicted octanol–water partition coefficient (Wildman–Crippen LogP) is 2.38. The van der Waals surface area contributed by atoms with E-state index in [1.54, 1.807) is 0 Å². The first kappa shape index (κ1) is 7.84. The van der Waals surface area contributed by atoms with Crippen molar-refractivity contribution in [2.24, 2.45) is 0 Å². The van der Waals surface area contributed by atoms with Crippen molar-refractivity contribution in [2.45, 2.75) is 44.9 Å². The van der Waals surface area contributed by atoms with E-state index in [1.165, 1.54) is 24.1 Å². The molecular formula is C10H15N2. The van der Waals surface area contributed by atoms with Crippen LogP contribution in [0.15, 0.2) is 0 Å². The third kappa shape index (κ3) is 1.26. The number of aromatic amines is 1. The van der Waals surface area contributed by atoms with Gasteiger partial charge in [-0.25, -0.2) is 0 Å². The van der Waals surface area contributed by atoms with E-state index in [-0.39, 0.29) is 5.41 Å². The van der Waals surface area contributed by atoms with Gasteiger partial charge in [0, 0.05) is 11.5 Å². The Labute approximate surface area is 73.4 Å².